The number of alkyl halides is 3. The number of nitrogens with one attached hydrogen (secondary N) is 1. The number of benzene rings is 2. The lowest BCUT2D eigenvalue weighted by Gasteiger charge is -2.38. The number of hydrogen-bond donors (Lipinski definition) is 2. The Labute approximate surface area is 183 Å². The number of phenols is 1. The Morgan fingerprint density at radius 1 is 1.03 bits per heavy atom. The van der Waals surface area contributed by atoms with Crippen LogP contribution in [0.2, 0.25) is 0 Å². The van der Waals surface area contributed by atoms with Gasteiger partial charge in [0.25, 0.3) is 0 Å². The zero-order valence-electron chi connectivity index (χ0n) is 17.2. The summed E-state index contributed by atoms with van der Waals surface area (Å²) >= 11 is 0. The maximum Gasteiger partial charge on any atom is 0.409 e. The third-order valence-electron chi connectivity index (χ3n) is 5.72. The van der Waals surface area contributed by atoms with E-state index in [9.17, 15) is 27.9 Å². The standard InChI is InChI=1S/C22H23F3N4O3/c23-22(24,25)19-13-20(31)26-17-3-1-2-4-18(17)29(19)21(32)14-27-9-11-28(12-10-27)15-5-7-16(30)8-6-15/h1-8,19,30H,9-14H2,(H,26,31)/t19-/m1/s1. The van der Waals surface area contributed by atoms with E-state index in [1.165, 1.54) is 12.1 Å². The van der Waals surface area contributed by atoms with E-state index in [1.807, 2.05) is 4.90 Å². The summed E-state index contributed by atoms with van der Waals surface area (Å²) in [7, 11) is 0. The van der Waals surface area contributed by atoms with Crippen LogP contribution in [0.4, 0.5) is 30.2 Å². The molecular weight excluding hydrogens is 425 g/mol. The molecule has 32 heavy (non-hydrogen) atoms. The van der Waals surface area contributed by atoms with Crippen molar-refractivity contribution in [1.29, 1.82) is 0 Å². The van der Waals surface area contributed by atoms with Gasteiger partial charge < -0.3 is 15.3 Å². The monoisotopic (exact) mass is 448 g/mol. The number of nitrogens with zero attached hydrogens (tertiary/aromatic N) is 3. The summed E-state index contributed by atoms with van der Waals surface area (Å²) in [5, 5.41) is 11.9. The second-order valence-electron chi connectivity index (χ2n) is 7.87. The molecule has 170 valence electrons. The molecule has 4 rings (SSSR count). The first-order valence-electron chi connectivity index (χ1n) is 10.3. The number of halogens is 3. The van der Waals surface area contributed by atoms with Crippen LogP contribution in [0.5, 0.6) is 5.75 Å². The molecule has 7 nitrogen and oxygen atoms in total. The summed E-state index contributed by atoms with van der Waals surface area (Å²) < 4.78 is 41.5. The molecule has 2 aliphatic heterocycles. The molecule has 0 saturated carbocycles. The molecule has 2 aromatic carbocycles. The van der Waals surface area contributed by atoms with Crippen LogP contribution in [-0.4, -0.2) is 66.8 Å². The molecule has 2 heterocycles. The largest absolute Gasteiger partial charge is 0.508 e. The zero-order chi connectivity index (χ0) is 22.9. The molecule has 2 amide bonds. The first kappa shape index (κ1) is 21.9. The van der Waals surface area contributed by atoms with E-state index in [2.05, 4.69) is 10.2 Å². The second-order valence-corrected chi connectivity index (χ2v) is 7.87. The minimum absolute atomic E-state index is 0.0494. The molecule has 2 aromatic rings. The number of anilines is 3. The van der Waals surface area contributed by atoms with Crippen molar-refractivity contribution in [2.45, 2.75) is 18.6 Å². The first-order chi connectivity index (χ1) is 15.2. The lowest BCUT2D eigenvalue weighted by Crippen LogP contribution is -2.55. The van der Waals surface area contributed by atoms with Gasteiger partial charge in [0.15, 0.2) is 0 Å². The van der Waals surface area contributed by atoms with Gasteiger partial charge in [-0.1, -0.05) is 12.1 Å². The molecule has 1 atom stereocenters. The maximum absolute atomic E-state index is 13.8. The molecule has 0 aliphatic carbocycles. The minimum Gasteiger partial charge on any atom is -0.508 e. The molecule has 1 fully saturated rings. The van der Waals surface area contributed by atoms with Gasteiger partial charge in [0.2, 0.25) is 11.8 Å². The van der Waals surface area contributed by atoms with Crippen LogP contribution < -0.4 is 15.1 Å². The summed E-state index contributed by atoms with van der Waals surface area (Å²) in [6.07, 6.45) is -5.60. The average molecular weight is 448 g/mol. The van der Waals surface area contributed by atoms with Gasteiger partial charge in [0.1, 0.15) is 11.8 Å². The number of aromatic hydroxyl groups is 1. The highest BCUT2D eigenvalue weighted by Crippen LogP contribution is 2.37. The topological polar surface area (TPSA) is 76.1 Å². The summed E-state index contributed by atoms with van der Waals surface area (Å²) in [5.74, 6) is -1.31. The molecule has 0 radical (unpaired) electrons. The fourth-order valence-corrected chi connectivity index (χ4v) is 4.09. The van der Waals surface area contributed by atoms with E-state index in [-0.39, 0.29) is 23.7 Å². The number of carbonyl (C=O) groups excluding carboxylic acids is 2. The molecule has 2 N–H and O–H groups in total. The Balaban J connectivity index is 1.50. The Kier molecular flexibility index (Phi) is 5.96. The normalized spacial score (nSPS) is 19.8. The smallest absolute Gasteiger partial charge is 0.409 e. The fraction of sp³-hybridized carbons (Fsp3) is 0.364. The van der Waals surface area contributed by atoms with Crippen molar-refractivity contribution in [3.05, 3.63) is 48.5 Å². The van der Waals surface area contributed by atoms with Gasteiger partial charge in [-0.25, -0.2) is 0 Å². The van der Waals surface area contributed by atoms with Gasteiger partial charge in [0.05, 0.1) is 24.3 Å². The average Bonchev–Trinajstić information content (AvgIpc) is 2.90. The quantitative estimate of drug-likeness (QED) is 0.756. The third-order valence-corrected chi connectivity index (χ3v) is 5.72. The van der Waals surface area contributed by atoms with Gasteiger partial charge in [-0.15, -0.1) is 0 Å². The van der Waals surface area contributed by atoms with Crippen molar-refractivity contribution in [3.8, 4) is 5.75 Å². The maximum atomic E-state index is 13.8. The van der Waals surface area contributed by atoms with E-state index in [1.54, 1.807) is 36.4 Å². The number of amides is 2. The van der Waals surface area contributed by atoms with Crippen molar-refractivity contribution in [2.75, 3.05) is 47.8 Å². The van der Waals surface area contributed by atoms with Crippen LogP contribution in [0, 0.1) is 0 Å². The number of rotatable bonds is 3. The highest BCUT2D eigenvalue weighted by Gasteiger charge is 2.49. The number of fused-ring (bicyclic) bond motifs is 1. The van der Waals surface area contributed by atoms with Crippen molar-refractivity contribution in [1.82, 2.24) is 4.90 Å². The van der Waals surface area contributed by atoms with Crippen molar-refractivity contribution < 1.29 is 27.9 Å². The predicted octanol–water partition coefficient (Wildman–Crippen LogP) is 2.82. The van der Waals surface area contributed by atoms with Crippen molar-refractivity contribution >= 4 is 28.9 Å². The molecule has 0 unspecified atom stereocenters. The van der Waals surface area contributed by atoms with E-state index in [4.69, 9.17) is 0 Å². The lowest BCUT2D eigenvalue weighted by atomic mass is 10.1. The number of hydrogen-bond acceptors (Lipinski definition) is 5. The van der Waals surface area contributed by atoms with E-state index < -0.39 is 30.5 Å². The molecule has 0 bridgehead atoms. The molecule has 0 spiro atoms. The summed E-state index contributed by atoms with van der Waals surface area (Å²) in [5.41, 5.74) is 1.17. The Morgan fingerprint density at radius 2 is 1.69 bits per heavy atom. The summed E-state index contributed by atoms with van der Waals surface area (Å²) in [4.78, 5) is 29.8. The number of piperazine rings is 1. The molecule has 0 aromatic heterocycles. The van der Waals surface area contributed by atoms with Crippen LogP contribution in [0.15, 0.2) is 48.5 Å². The zero-order valence-corrected chi connectivity index (χ0v) is 17.2. The first-order valence-corrected chi connectivity index (χ1v) is 10.3. The van der Waals surface area contributed by atoms with E-state index in [0.717, 1.165) is 10.6 Å². The fourth-order valence-electron chi connectivity index (χ4n) is 4.09. The minimum atomic E-state index is -4.75. The van der Waals surface area contributed by atoms with Gasteiger partial charge in [0, 0.05) is 31.9 Å². The van der Waals surface area contributed by atoms with Crippen LogP contribution in [0.25, 0.3) is 0 Å². The van der Waals surface area contributed by atoms with Gasteiger partial charge in [-0.2, -0.15) is 13.2 Å². The number of phenolic OH excluding ortho intramolecular Hbond substituents is 1. The molecule has 1 saturated heterocycles. The Hall–Kier alpha value is -3.27. The van der Waals surface area contributed by atoms with Crippen molar-refractivity contribution in [3.63, 3.8) is 0 Å². The van der Waals surface area contributed by atoms with Crippen LogP contribution >= 0.6 is 0 Å². The SMILES string of the molecule is O=C1C[C@H](C(F)(F)F)N(C(=O)CN2CCN(c3ccc(O)cc3)CC2)c2ccccc2N1. The van der Waals surface area contributed by atoms with Gasteiger partial charge in [-0.05, 0) is 36.4 Å². The summed E-state index contributed by atoms with van der Waals surface area (Å²) in [6, 6.07) is 10.6. The highest BCUT2D eigenvalue weighted by atomic mass is 19.4. The second kappa shape index (κ2) is 8.70. The Morgan fingerprint density at radius 3 is 2.34 bits per heavy atom. The van der Waals surface area contributed by atoms with Gasteiger partial charge in [-0.3, -0.25) is 19.4 Å². The van der Waals surface area contributed by atoms with Crippen LogP contribution in [0.1, 0.15) is 6.42 Å². The third kappa shape index (κ3) is 4.64. The van der Waals surface area contributed by atoms with Gasteiger partial charge >= 0.3 is 6.18 Å². The lowest BCUT2D eigenvalue weighted by molar-refractivity contribution is -0.158. The molecular formula is C22H23F3N4O3. The number of carbonyl (C=O) groups is 2. The Bertz CT molecular complexity index is 989. The van der Waals surface area contributed by atoms with E-state index >= 15 is 0 Å². The summed E-state index contributed by atoms with van der Waals surface area (Å²) in [6.45, 7) is 2.00. The highest BCUT2D eigenvalue weighted by molar-refractivity contribution is 6.05. The van der Waals surface area contributed by atoms with Crippen LogP contribution in [-0.2, 0) is 9.59 Å². The van der Waals surface area contributed by atoms with Crippen LogP contribution in [0.3, 0.4) is 0 Å². The predicted molar refractivity (Wildman–Crippen MR) is 114 cm³/mol. The number of para-hydroxylation sites is 2. The molecule has 10 heteroatoms. The van der Waals surface area contributed by atoms with Crippen molar-refractivity contribution in [2.24, 2.45) is 0 Å². The molecule has 2 aliphatic rings. The van der Waals surface area contributed by atoms with E-state index in [0.29, 0.717) is 26.2 Å².